The summed E-state index contributed by atoms with van der Waals surface area (Å²) in [6.45, 7) is 4.15. The van der Waals surface area contributed by atoms with Crippen molar-refractivity contribution in [1.29, 1.82) is 0 Å². The third-order valence-electron chi connectivity index (χ3n) is 3.47. The Labute approximate surface area is 126 Å². The largest absolute Gasteiger partial charge is 0.368 e. The highest BCUT2D eigenvalue weighted by atomic mass is 32.2. The van der Waals surface area contributed by atoms with Gasteiger partial charge in [0, 0.05) is 38.2 Å². The standard InChI is InChI=1S/C13H20N2O4S2/c1-10-9-15(7-6-14-10)12-5-4-11(20(2,16)17)8-13(12)21(3,18)19/h4-5,8,10,14H,6-7,9H2,1-3H3/t10-/m1/s1. The van der Waals surface area contributed by atoms with E-state index >= 15 is 0 Å². The van der Waals surface area contributed by atoms with Gasteiger partial charge in [0.1, 0.15) is 0 Å². The molecule has 1 heterocycles. The minimum Gasteiger partial charge on any atom is -0.368 e. The predicted molar refractivity (Wildman–Crippen MR) is 82.3 cm³/mol. The lowest BCUT2D eigenvalue weighted by Gasteiger charge is -2.34. The molecule has 1 saturated heterocycles. The van der Waals surface area contributed by atoms with Crippen molar-refractivity contribution in [3.05, 3.63) is 18.2 Å². The molecule has 0 aliphatic carbocycles. The molecule has 1 aliphatic rings. The first-order chi connectivity index (χ1) is 9.59. The van der Waals surface area contributed by atoms with Crippen LogP contribution in [0, 0.1) is 0 Å². The minimum atomic E-state index is -3.51. The molecule has 118 valence electrons. The second-order valence-electron chi connectivity index (χ2n) is 5.48. The van der Waals surface area contributed by atoms with Crippen molar-refractivity contribution in [2.45, 2.75) is 22.8 Å². The van der Waals surface area contributed by atoms with E-state index in [4.69, 9.17) is 0 Å². The highest BCUT2D eigenvalue weighted by molar-refractivity contribution is 7.91. The molecule has 0 radical (unpaired) electrons. The fourth-order valence-corrected chi connectivity index (χ4v) is 4.07. The average molecular weight is 332 g/mol. The summed E-state index contributed by atoms with van der Waals surface area (Å²) in [6.07, 6.45) is 2.17. The molecule has 1 aliphatic heterocycles. The predicted octanol–water partition coefficient (Wildman–Crippen LogP) is 0.292. The molecule has 8 heteroatoms. The van der Waals surface area contributed by atoms with E-state index in [-0.39, 0.29) is 15.8 Å². The zero-order valence-electron chi connectivity index (χ0n) is 12.3. The van der Waals surface area contributed by atoms with E-state index in [1.165, 1.54) is 12.1 Å². The number of nitrogens with zero attached hydrogens (tertiary/aromatic N) is 1. The number of hydrogen-bond acceptors (Lipinski definition) is 6. The number of piperazine rings is 1. The van der Waals surface area contributed by atoms with Crippen LogP contribution < -0.4 is 10.2 Å². The maximum absolute atomic E-state index is 12.0. The van der Waals surface area contributed by atoms with Gasteiger partial charge in [-0.05, 0) is 25.1 Å². The Morgan fingerprint density at radius 1 is 1.14 bits per heavy atom. The maximum atomic E-state index is 12.0. The number of nitrogens with one attached hydrogen (secondary N) is 1. The fourth-order valence-electron chi connectivity index (χ4n) is 2.43. The van der Waals surface area contributed by atoms with Gasteiger partial charge in [-0.2, -0.15) is 0 Å². The summed E-state index contributed by atoms with van der Waals surface area (Å²) < 4.78 is 47.3. The molecule has 0 aromatic heterocycles. The summed E-state index contributed by atoms with van der Waals surface area (Å²) in [5.74, 6) is 0. The molecular weight excluding hydrogens is 312 g/mol. The van der Waals surface area contributed by atoms with Crippen molar-refractivity contribution in [1.82, 2.24) is 5.32 Å². The first kappa shape index (κ1) is 16.3. The van der Waals surface area contributed by atoms with Crippen LogP contribution in [0.3, 0.4) is 0 Å². The van der Waals surface area contributed by atoms with Crippen molar-refractivity contribution >= 4 is 25.4 Å². The van der Waals surface area contributed by atoms with Gasteiger partial charge in [0.15, 0.2) is 19.7 Å². The van der Waals surface area contributed by atoms with Crippen LogP contribution in [-0.4, -0.2) is 55.0 Å². The van der Waals surface area contributed by atoms with Gasteiger partial charge in [0.25, 0.3) is 0 Å². The van der Waals surface area contributed by atoms with Crippen LogP contribution in [0.4, 0.5) is 5.69 Å². The van der Waals surface area contributed by atoms with Crippen LogP contribution in [0.15, 0.2) is 28.0 Å². The SMILES string of the molecule is C[C@@H]1CN(c2ccc(S(C)(=O)=O)cc2S(C)(=O)=O)CCN1. The highest BCUT2D eigenvalue weighted by Gasteiger charge is 2.24. The molecule has 1 atom stereocenters. The van der Waals surface area contributed by atoms with E-state index in [0.29, 0.717) is 18.8 Å². The summed E-state index contributed by atoms with van der Waals surface area (Å²) in [7, 11) is -6.95. The number of anilines is 1. The summed E-state index contributed by atoms with van der Waals surface area (Å²) in [4.78, 5) is 2.07. The molecule has 0 saturated carbocycles. The lowest BCUT2D eigenvalue weighted by Crippen LogP contribution is -2.49. The van der Waals surface area contributed by atoms with Gasteiger partial charge in [0.2, 0.25) is 0 Å². The van der Waals surface area contributed by atoms with E-state index in [9.17, 15) is 16.8 Å². The quantitative estimate of drug-likeness (QED) is 0.857. The zero-order chi connectivity index (χ0) is 15.8. The van der Waals surface area contributed by atoms with E-state index in [1.54, 1.807) is 6.07 Å². The number of hydrogen-bond donors (Lipinski definition) is 1. The van der Waals surface area contributed by atoms with Crippen LogP contribution in [0.1, 0.15) is 6.92 Å². The monoisotopic (exact) mass is 332 g/mol. The van der Waals surface area contributed by atoms with Gasteiger partial charge in [-0.15, -0.1) is 0 Å². The van der Waals surface area contributed by atoms with Crippen LogP contribution in [0.5, 0.6) is 0 Å². The third kappa shape index (κ3) is 3.75. The molecule has 1 aromatic carbocycles. The molecular formula is C13H20N2O4S2. The number of rotatable bonds is 3. The Morgan fingerprint density at radius 3 is 2.33 bits per heavy atom. The number of benzene rings is 1. The molecule has 21 heavy (non-hydrogen) atoms. The lowest BCUT2D eigenvalue weighted by atomic mass is 10.2. The topological polar surface area (TPSA) is 83.6 Å². The Hall–Kier alpha value is -1.12. The van der Waals surface area contributed by atoms with Crippen molar-refractivity contribution in [2.24, 2.45) is 0 Å². The second-order valence-corrected chi connectivity index (χ2v) is 9.47. The van der Waals surface area contributed by atoms with Gasteiger partial charge >= 0.3 is 0 Å². The first-order valence-electron chi connectivity index (χ1n) is 6.61. The van der Waals surface area contributed by atoms with Gasteiger partial charge < -0.3 is 10.2 Å². The Bertz CT molecular complexity index is 741. The molecule has 2 rings (SSSR count). The van der Waals surface area contributed by atoms with Crippen LogP contribution in [0.25, 0.3) is 0 Å². The smallest absolute Gasteiger partial charge is 0.177 e. The Kier molecular flexibility index (Phi) is 4.32. The Morgan fingerprint density at radius 2 is 1.81 bits per heavy atom. The molecule has 0 bridgehead atoms. The maximum Gasteiger partial charge on any atom is 0.177 e. The highest BCUT2D eigenvalue weighted by Crippen LogP contribution is 2.29. The molecule has 6 nitrogen and oxygen atoms in total. The molecule has 1 fully saturated rings. The van der Waals surface area contributed by atoms with E-state index in [1.807, 2.05) is 11.8 Å². The van der Waals surface area contributed by atoms with Gasteiger partial charge in [-0.25, -0.2) is 16.8 Å². The average Bonchev–Trinajstić information content (AvgIpc) is 2.36. The zero-order valence-corrected chi connectivity index (χ0v) is 14.0. The molecule has 0 amide bonds. The van der Waals surface area contributed by atoms with Gasteiger partial charge in [-0.3, -0.25) is 0 Å². The van der Waals surface area contributed by atoms with Crippen molar-refractivity contribution in [3.8, 4) is 0 Å². The molecule has 1 N–H and O–H groups in total. The third-order valence-corrected chi connectivity index (χ3v) is 5.70. The van der Waals surface area contributed by atoms with E-state index < -0.39 is 19.7 Å². The van der Waals surface area contributed by atoms with Crippen LogP contribution in [0.2, 0.25) is 0 Å². The van der Waals surface area contributed by atoms with Crippen LogP contribution in [-0.2, 0) is 19.7 Å². The second kappa shape index (κ2) is 5.58. The summed E-state index contributed by atoms with van der Waals surface area (Å²) in [5, 5.41) is 3.29. The van der Waals surface area contributed by atoms with Crippen molar-refractivity contribution in [2.75, 3.05) is 37.0 Å². The number of sulfone groups is 2. The lowest BCUT2D eigenvalue weighted by molar-refractivity contribution is 0.482. The minimum absolute atomic E-state index is 0.0230. The van der Waals surface area contributed by atoms with E-state index in [2.05, 4.69) is 5.32 Å². The van der Waals surface area contributed by atoms with Crippen LogP contribution >= 0.6 is 0 Å². The first-order valence-corrected chi connectivity index (χ1v) is 10.4. The van der Waals surface area contributed by atoms with Crippen molar-refractivity contribution < 1.29 is 16.8 Å². The van der Waals surface area contributed by atoms with Gasteiger partial charge in [0.05, 0.1) is 15.5 Å². The molecule has 0 unspecified atom stereocenters. The molecule has 1 aromatic rings. The van der Waals surface area contributed by atoms with Crippen molar-refractivity contribution in [3.63, 3.8) is 0 Å². The summed E-state index contributed by atoms with van der Waals surface area (Å²) in [6, 6.07) is 4.56. The normalized spacial score (nSPS) is 20.5. The van der Waals surface area contributed by atoms with Gasteiger partial charge in [-0.1, -0.05) is 0 Å². The Balaban J connectivity index is 2.56. The fraction of sp³-hybridized carbons (Fsp3) is 0.538. The molecule has 0 spiro atoms. The summed E-state index contributed by atoms with van der Waals surface area (Å²) in [5.41, 5.74) is 0.568. The summed E-state index contributed by atoms with van der Waals surface area (Å²) >= 11 is 0. The van der Waals surface area contributed by atoms with E-state index in [0.717, 1.165) is 19.1 Å².